The van der Waals surface area contributed by atoms with Crippen LogP contribution in [0.25, 0.3) is 0 Å². The van der Waals surface area contributed by atoms with Crippen LogP contribution in [0.15, 0.2) is 23.4 Å². The Morgan fingerprint density at radius 1 is 1.50 bits per heavy atom. The Bertz CT molecular complexity index is 251. The Morgan fingerprint density at radius 2 is 2.33 bits per heavy atom. The topological polar surface area (TPSA) is 12.9 Å². The van der Waals surface area contributed by atoms with E-state index in [1.165, 1.54) is 29.2 Å². The van der Waals surface area contributed by atoms with Gasteiger partial charge < -0.3 is 0 Å². The van der Waals surface area contributed by atoms with Crippen LogP contribution >= 0.6 is 11.8 Å². The molecule has 12 heavy (non-hydrogen) atoms. The molecular weight excluding hydrogens is 166 g/mol. The molecule has 0 atom stereocenters. The van der Waals surface area contributed by atoms with E-state index >= 15 is 0 Å². The lowest BCUT2D eigenvalue weighted by Crippen LogP contribution is -1.84. The minimum absolute atomic E-state index is 0.984. The lowest BCUT2D eigenvalue weighted by molar-refractivity contribution is 0.992. The van der Waals surface area contributed by atoms with Crippen LogP contribution in [0, 0.1) is 12.8 Å². The summed E-state index contributed by atoms with van der Waals surface area (Å²) in [5.41, 5.74) is 1.24. The van der Waals surface area contributed by atoms with Crippen LogP contribution in [0.3, 0.4) is 0 Å². The van der Waals surface area contributed by atoms with Gasteiger partial charge in [-0.1, -0.05) is 6.07 Å². The van der Waals surface area contributed by atoms with Crippen LogP contribution in [0.1, 0.15) is 18.4 Å². The highest BCUT2D eigenvalue weighted by atomic mass is 32.2. The number of hydrogen-bond donors (Lipinski definition) is 0. The highest BCUT2D eigenvalue weighted by molar-refractivity contribution is 7.99. The summed E-state index contributed by atoms with van der Waals surface area (Å²) in [6.45, 7) is 2.07. The third-order valence-corrected chi connectivity index (χ3v) is 3.22. The van der Waals surface area contributed by atoms with Crippen molar-refractivity contribution in [2.45, 2.75) is 24.8 Å². The molecule has 0 N–H and O–H groups in total. The number of rotatable bonds is 3. The largest absolute Gasteiger partial charge is 0.250 e. The summed E-state index contributed by atoms with van der Waals surface area (Å²) in [4.78, 5) is 4.34. The lowest BCUT2D eigenvalue weighted by Gasteiger charge is -1.98. The van der Waals surface area contributed by atoms with Crippen molar-refractivity contribution < 1.29 is 0 Å². The van der Waals surface area contributed by atoms with Crippen LogP contribution < -0.4 is 0 Å². The van der Waals surface area contributed by atoms with Crippen LogP contribution in [0.4, 0.5) is 0 Å². The normalized spacial score (nSPS) is 16.4. The van der Waals surface area contributed by atoms with E-state index in [2.05, 4.69) is 24.0 Å². The summed E-state index contributed by atoms with van der Waals surface area (Å²) in [5, 5.41) is 1.17. The molecule has 0 aromatic carbocycles. The van der Waals surface area contributed by atoms with Gasteiger partial charge in [0.1, 0.15) is 0 Å². The highest BCUT2D eigenvalue weighted by Crippen LogP contribution is 2.34. The maximum absolute atomic E-state index is 4.34. The summed E-state index contributed by atoms with van der Waals surface area (Å²) in [7, 11) is 0. The average Bonchev–Trinajstić information content (AvgIpc) is 2.87. The van der Waals surface area contributed by atoms with E-state index in [1.807, 2.05) is 18.0 Å². The minimum Gasteiger partial charge on any atom is -0.250 e. The van der Waals surface area contributed by atoms with Gasteiger partial charge in [-0.05, 0) is 37.3 Å². The predicted molar refractivity (Wildman–Crippen MR) is 52.4 cm³/mol. The molecule has 0 spiro atoms. The first-order chi connectivity index (χ1) is 5.84. The molecule has 1 aliphatic rings. The second-order valence-electron chi connectivity index (χ2n) is 3.43. The van der Waals surface area contributed by atoms with Gasteiger partial charge in [0.15, 0.2) is 0 Å². The van der Waals surface area contributed by atoms with Gasteiger partial charge in [-0.15, -0.1) is 11.8 Å². The number of thioether (sulfide) groups is 1. The number of hydrogen-bond acceptors (Lipinski definition) is 2. The molecule has 1 heterocycles. The van der Waals surface area contributed by atoms with Crippen molar-refractivity contribution >= 4 is 11.8 Å². The van der Waals surface area contributed by atoms with Crippen molar-refractivity contribution in [1.82, 2.24) is 4.98 Å². The molecule has 0 saturated heterocycles. The highest BCUT2D eigenvalue weighted by Gasteiger charge is 2.21. The summed E-state index contributed by atoms with van der Waals surface area (Å²) in [6, 6.07) is 4.24. The zero-order valence-corrected chi connectivity index (χ0v) is 8.10. The van der Waals surface area contributed by atoms with Gasteiger partial charge in [0.05, 0.1) is 5.03 Å². The standard InChI is InChI=1S/C10H13NS/c1-8-2-5-10(11-6-8)12-7-9-3-4-9/h2,5-6,9H,3-4,7H2,1H3. The Labute approximate surface area is 77.6 Å². The lowest BCUT2D eigenvalue weighted by atomic mass is 10.3. The van der Waals surface area contributed by atoms with E-state index in [4.69, 9.17) is 0 Å². The molecule has 64 valence electrons. The van der Waals surface area contributed by atoms with E-state index in [1.54, 1.807) is 0 Å². The first-order valence-corrected chi connectivity index (χ1v) is 5.38. The van der Waals surface area contributed by atoms with E-state index < -0.39 is 0 Å². The molecule has 0 aliphatic heterocycles. The van der Waals surface area contributed by atoms with Gasteiger partial charge in [-0.3, -0.25) is 0 Å². The van der Waals surface area contributed by atoms with Crippen LogP contribution in [-0.2, 0) is 0 Å². The zero-order chi connectivity index (χ0) is 8.39. The Hall–Kier alpha value is -0.500. The fraction of sp³-hybridized carbons (Fsp3) is 0.500. The van der Waals surface area contributed by atoms with Crippen LogP contribution in [0.5, 0.6) is 0 Å². The molecule has 1 aliphatic carbocycles. The molecular formula is C10H13NS. The van der Waals surface area contributed by atoms with Gasteiger partial charge >= 0.3 is 0 Å². The third-order valence-electron chi connectivity index (χ3n) is 2.05. The van der Waals surface area contributed by atoms with Crippen molar-refractivity contribution in [2.75, 3.05) is 5.75 Å². The van der Waals surface area contributed by atoms with E-state index in [0.717, 1.165) is 5.92 Å². The summed E-state index contributed by atoms with van der Waals surface area (Å²) < 4.78 is 0. The van der Waals surface area contributed by atoms with Crippen molar-refractivity contribution in [3.05, 3.63) is 23.9 Å². The zero-order valence-electron chi connectivity index (χ0n) is 7.29. The van der Waals surface area contributed by atoms with Crippen LogP contribution in [-0.4, -0.2) is 10.7 Å². The maximum Gasteiger partial charge on any atom is 0.0960 e. The number of nitrogens with zero attached hydrogens (tertiary/aromatic N) is 1. The van der Waals surface area contributed by atoms with Gasteiger partial charge in [-0.2, -0.15) is 0 Å². The van der Waals surface area contributed by atoms with Crippen molar-refractivity contribution in [3.63, 3.8) is 0 Å². The molecule has 1 fully saturated rings. The van der Waals surface area contributed by atoms with Gasteiger partial charge in [0, 0.05) is 11.9 Å². The van der Waals surface area contributed by atoms with E-state index in [9.17, 15) is 0 Å². The number of aromatic nitrogens is 1. The first-order valence-electron chi connectivity index (χ1n) is 4.40. The van der Waals surface area contributed by atoms with Gasteiger partial charge in [0.2, 0.25) is 0 Å². The molecule has 2 heteroatoms. The molecule has 1 saturated carbocycles. The third kappa shape index (κ3) is 2.24. The summed E-state index contributed by atoms with van der Waals surface area (Å²) in [6.07, 6.45) is 4.80. The molecule has 1 nitrogen and oxygen atoms in total. The molecule has 1 aromatic rings. The second-order valence-corrected chi connectivity index (χ2v) is 4.47. The number of pyridine rings is 1. The quantitative estimate of drug-likeness (QED) is 0.662. The smallest absolute Gasteiger partial charge is 0.0960 e. The number of aryl methyl sites for hydroxylation is 1. The van der Waals surface area contributed by atoms with E-state index in [-0.39, 0.29) is 0 Å². The Morgan fingerprint density at radius 3 is 2.92 bits per heavy atom. The maximum atomic E-state index is 4.34. The van der Waals surface area contributed by atoms with Gasteiger partial charge in [-0.25, -0.2) is 4.98 Å². The monoisotopic (exact) mass is 179 g/mol. The molecule has 1 aromatic heterocycles. The van der Waals surface area contributed by atoms with Crippen molar-refractivity contribution in [3.8, 4) is 0 Å². The predicted octanol–water partition coefficient (Wildman–Crippen LogP) is 2.89. The molecule has 0 amide bonds. The molecule has 0 unspecified atom stereocenters. The van der Waals surface area contributed by atoms with Crippen molar-refractivity contribution in [2.24, 2.45) is 5.92 Å². The Balaban J connectivity index is 1.89. The second kappa shape index (κ2) is 3.48. The SMILES string of the molecule is Cc1ccc(SCC2CC2)nc1. The molecule has 0 bridgehead atoms. The van der Waals surface area contributed by atoms with Crippen molar-refractivity contribution in [1.29, 1.82) is 0 Å². The summed E-state index contributed by atoms with van der Waals surface area (Å²) >= 11 is 1.89. The van der Waals surface area contributed by atoms with Crippen LogP contribution in [0.2, 0.25) is 0 Å². The fourth-order valence-electron chi connectivity index (χ4n) is 1.03. The Kier molecular flexibility index (Phi) is 2.35. The minimum atomic E-state index is 0.984. The average molecular weight is 179 g/mol. The fourth-order valence-corrected chi connectivity index (χ4v) is 2.06. The first kappa shape index (κ1) is 8.11. The van der Waals surface area contributed by atoms with Gasteiger partial charge in [0.25, 0.3) is 0 Å². The van der Waals surface area contributed by atoms with E-state index in [0.29, 0.717) is 0 Å². The molecule has 0 radical (unpaired) electrons. The molecule has 2 rings (SSSR count). The summed E-state index contributed by atoms with van der Waals surface area (Å²) in [5.74, 6) is 2.24.